The van der Waals surface area contributed by atoms with Gasteiger partial charge in [0.1, 0.15) is 0 Å². The zero-order valence-corrected chi connectivity index (χ0v) is 14.5. The van der Waals surface area contributed by atoms with E-state index in [2.05, 4.69) is 50.0 Å². The van der Waals surface area contributed by atoms with Crippen molar-refractivity contribution >= 4 is 5.91 Å². The quantitative estimate of drug-likeness (QED) is 0.800. The van der Waals surface area contributed by atoms with Crippen LogP contribution in [0.4, 0.5) is 0 Å². The fourth-order valence-electron chi connectivity index (χ4n) is 3.16. The van der Waals surface area contributed by atoms with Crippen LogP contribution in [-0.4, -0.2) is 37.0 Å². The molecule has 0 heterocycles. The molecule has 0 atom stereocenters. The third kappa shape index (κ3) is 5.13. The number of hydrogen-bond acceptors (Lipinski definition) is 2. The lowest BCUT2D eigenvalue weighted by Crippen LogP contribution is -2.38. The summed E-state index contributed by atoms with van der Waals surface area (Å²) in [6.07, 6.45) is 3.59. The summed E-state index contributed by atoms with van der Waals surface area (Å²) in [5.41, 5.74) is 5.34. The summed E-state index contributed by atoms with van der Waals surface area (Å²) in [5.74, 6) is 0.996. The van der Waals surface area contributed by atoms with Crippen LogP contribution >= 0.6 is 0 Å². The number of carbonyl (C=O) groups excluding carboxylic acids is 1. The van der Waals surface area contributed by atoms with Crippen molar-refractivity contribution in [1.82, 2.24) is 10.2 Å². The first-order chi connectivity index (χ1) is 10.5. The molecule has 0 spiro atoms. The van der Waals surface area contributed by atoms with Crippen LogP contribution in [0.2, 0.25) is 0 Å². The SMILES string of the molecule is CCN(CC(=O)NCCc1c(C)cc(C)cc1C)CC1CC1. The second kappa shape index (κ2) is 7.77. The van der Waals surface area contributed by atoms with E-state index in [-0.39, 0.29) is 5.91 Å². The molecular formula is C19H30N2O. The number of rotatable bonds is 8. The topological polar surface area (TPSA) is 32.3 Å². The first-order valence-corrected chi connectivity index (χ1v) is 8.55. The molecule has 1 aliphatic carbocycles. The van der Waals surface area contributed by atoms with E-state index in [1.807, 2.05) is 0 Å². The van der Waals surface area contributed by atoms with Gasteiger partial charge in [-0.05, 0) is 69.2 Å². The van der Waals surface area contributed by atoms with Crippen LogP contribution in [0.15, 0.2) is 12.1 Å². The first kappa shape index (κ1) is 17.0. The van der Waals surface area contributed by atoms with E-state index >= 15 is 0 Å². The minimum Gasteiger partial charge on any atom is -0.355 e. The van der Waals surface area contributed by atoms with Crippen LogP contribution in [0.5, 0.6) is 0 Å². The van der Waals surface area contributed by atoms with Gasteiger partial charge in [0.05, 0.1) is 6.54 Å². The lowest BCUT2D eigenvalue weighted by atomic mass is 9.97. The predicted molar refractivity (Wildman–Crippen MR) is 92.2 cm³/mol. The molecule has 0 radical (unpaired) electrons. The Morgan fingerprint density at radius 1 is 1.23 bits per heavy atom. The molecule has 1 aromatic carbocycles. The molecule has 0 aliphatic heterocycles. The Hall–Kier alpha value is -1.35. The lowest BCUT2D eigenvalue weighted by Gasteiger charge is -2.19. The van der Waals surface area contributed by atoms with Gasteiger partial charge in [0, 0.05) is 13.1 Å². The van der Waals surface area contributed by atoms with Crippen molar-refractivity contribution in [2.45, 2.75) is 47.0 Å². The van der Waals surface area contributed by atoms with Crippen molar-refractivity contribution in [3.63, 3.8) is 0 Å². The highest BCUT2D eigenvalue weighted by atomic mass is 16.2. The van der Waals surface area contributed by atoms with Crippen molar-refractivity contribution in [3.8, 4) is 0 Å². The molecule has 1 saturated carbocycles. The highest BCUT2D eigenvalue weighted by molar-refractivity contribution is 5.78. The molecule has 1 aliphatic rings. The Bertz CT molecular complexity index is 497. The van der Waals surface area contributed by atoms with E-state index in [9.17, 15) is 4.79 Å². The number of aryl methyl sites for hydroxylation is 3. The second-order valence-corrected chi connectivity index (χ2v) is 6.75. The summed E-state index contributed by atoms with van der Waals surface area (Å²) in [4.78, 5) is 14.3. The third-order valence-corrected chi connectivity index (χ3v) is 4.57. The molecule has 0 bridgehead atoms. The molecule has 0 saturated heterocycles. The zero-order valence-electron chi connectivity index (χ0n) is 14.5. The normalized spacial score (nSPS) is 14.4. The van der Waals surface area contributed by atoms with Crippen molar-refractivity contribution in [2.24, 2.45) is 5.92 Å². The Labute approximate surface area is 135 Å². The monoisotopic (exact) mass is 302 g/mol. The van der Waals surface area contributed by atoms with Crippen molar-refractivity contribution in [1.29, 1.82) is 0 Å². The highest BCUT2D eigenvalue weighted by Crippen LogP contribution is 2.29. The van der Waals surface area contributed by atoms with Crippen LogP contribution in [0.25, 0.3) is 0 Å². The summed E-state index contributed by atoms with van der Waals surface area (Å²) in [5, 5.41) is 3.08. The summed E-state index contributed by atoms with van der Waals surface area (Å²) in [7, 11) is 0. The average molecular weight is 302 g/mol. The molecule has 3 heteroatoms. The van der Waals surface area contributed by atoms with E-state index in [1.54, 1.807) is 0 Å². The van der Waals surface area contributed by atoms with Gasteiger partial charge in [-0.25, -0.2) is 0 Å². The minimum absolute atomic E-state index is 0.157. The summed E-state index contributed by atoms with van der Waals surface area (Å²) >= 11 is 0. The Kier molecular flexibility index (Phi) is 6.01. The van der Waals surface area contributed by atoms with Crippen molar-refractivity contribution in [3.05, 3.63) is 34.4 Å². The molecule has 1 amide bonds. The maximum absolute atomic E-state index is 12.1. The Balaban J connectivity index is 1.76. The molecule has 2 rings (SSSR count). The lowest BCUT2D eigenvalue weighted by molar-refractivity contribution is -0.122. The maximum Gasteiger partial charge on any atom is 0.234 e. The molecule has 1 aromatic rings. The van der Waals surface area contributed by atoms with Gasteiger partial charge in [-0.15, -0.1) is 0 Å². The van der Waals surface area contributed by atoms with Crippen LogP contribution in [0.1, 0.15) is 42.0 Å². The van der Waals surface area contributed by atoms with Crippen LogP contribution in [0.3, 0.4) is 0 Å². The number of carbonyl (C=O) groups is 1. The maximum atomic E-state index is 12.1. The molecule has 1 N–H and O–H groups in total. The van der Waals surface area contributed by atoms with E-state index < -0.39 is 0 Å². The fraction of sp³-hybridized carbons (Fsp3) is 0.632. The Morgan fingerprint density at radius 2 is 1.86 bits per heavy atom. The standard InChI is InChI=1S/C19H30N2O/c1-5-21(12-17-6-7-17)13-19(22)20-9-8-18-15(3)10-14(2)11-16(18)4/h10-11,17H,5-9,12-13H2,1-4H3,(H,20,22). The molecule has 0 aromatic heterocycles. The van der Waals surface area contributed by atoms with Gasteiger partial charge in [0.2, 0.25) is 5.91 Å². The molecular weight excluding hydrogens is 272 g/mol. The molecule has 3 nitrogen and oxygen atoms in total. The number of hydrogen-bond donors (Lipinski definition) is 1. The Morgan fingerprint density at radius 3 is 2.41 bits per heavy atom. The predicted octanol–water partition coefficient (Wildman–Crippen LogP) is 3.00. The highest BCUT2D eigenvalue weighted by Gasteiger charge is 2.24. The van der Waals surface area contributed by atoms with Crippen LogP contribution in [-0.2, 0) is 11.2 Å². The second-order valence-electron chi connectivity index (χ2n) is 6.75. The molecule has 1 fully saturated rings. The van der Waals surface area contributed by atoms with Crippen LogP contribution in [0, 0.1) is 26.7 Å². The van der Waals surface area contributed by atoms with E-state index in [1.165, 1.54) is 35.1 Å². The van der Waals surface area contributed by atoms with Gasteiger partial charge in [-0.2, -0.15) is 0 Å². The van der Waals surface area contributed by atoms with Gasteiger partial charge in [-0.3, -0.25) is 9.69 Å². The van der Waals surface area contributed by atoms with Crippen molar-refractivity contribution < 1.29 is 4.79 Å². The smallest absolute Gasteiger partial charge is 0.234 e. The third-order valence-electron chi connectivity index (χ3n) is 4.57. The molecule has 122 valence electrons. The average Bonchev–Trinajstić information content (AvgIpc) is 3.24. The van der Waals surface area contributed by atoms with Crippen molar-refractivity contribution in [2.75, 3.05) is 26.2 Å². The van der Waals surface area contributed by atoms with Gasteiger partial charge in [0.25, 0.3) is 0 Å². The number of nitrogens with one attached hydrogen (secondary N) is 1. The fourth-order valence-corrected chi connectivity index (χ4v) is 3.16. The summed E-state index contributed by atoms with van der Waals surface area (Å²) in [6.45, 7) is 11.9. The van der Waals surface area contributed by atoms with Gasteiger partial charge < -0.3 is 5.32 Å². The van der Waals surface area contributed by atoms with Gasteiger partial charge in [-0.1, -0.05) is 24.6 Å². The van der Waals surface area contributed by atoms with E-state index in [0.29, 0.717) is 6.54 Å². The number of amides is 1. The van der Waals surface area contributed by atoms with Crippen LogP contribution < -0.4 is 5.32 Å². The number of benzene rings is 1. The summed E-state index contributed by atoms with van der Waals surface area (Å²) < 4.78 is 0. The van der Waals surface area contributed by atoms with Gasteiger partial charge >= 0.3 is 0 Å². The van der Waals surface area contributed by atoms with E-state index in [0.717, 1.165) is 32.0 Å². The summed E-state index contributed by atoms with van der Waals surface area (Å²) in [6, 6.07) is 4.44. The molecule has 0 unspecified atom stereocenters. The number of nitrogens with zero attached hydrogens (tertiary/aromatic N) is 1. The zero-order chi connectivity index (χ0) is 16.1. The number of likely N-dealkylation sites (N-methyl/N-ethyl adjacent to an activating group) is 1. The van der Waals surface area contributed by atoms with E-state index in [4.69, 9.17) is 0 Å². The van der Waals surface area contributed by atoms with Gasteiger partial charge in [0.15, 0.2) is 0 Å². The molecule has 22 heavy (non-hydrogen) atoms. The minimum atomic E-state index is 0.157. The largest absolute Gasteiger partial charge is 0.355 e. The first-order valence-electron chi connectivity index (χ1n) is 8.55.